The lowest BCUT2D eigenvalue weighted by molar-refractivity contribution is 0.392. The number of rotatable bonds is 5. The van der Waals surface area contributed by atoms with Crippen LogP contribution in [0.1, 0.15) is 12.0 Å². The molecule has 1 N–H and O–H groups in total. The Kier molecular flexibility index (Phi) is 5.04. The summed E-state index contributed by atoms with van der Waals surface area (Å²) in [5, 5.41) is 3.04. The van der Waals surface area contributed by atoms with E-state index >= 15 is 0 Å². The van der Waals surface area contributed by atoms with Gasteiger partial charge >= 0.3 is 10.2 Å². The molecule has 0 amide bonds. The highest BCUT2D eigenvalue weighted by atomic mass is 32.2. The summed E-state index contributed by atoms with van der Waals surface area (Å²) in [5.41, 5.74) is 2.57. The fourth-order valence-corrected chi connectivity index (χ4v) is 4.65. The summed E-state index contributed by atoms with van der Waals surface area (Å²) >= 11 is 0. The fourth-order valence-electron chi connectivity index (χ4n) is 2.94. The molecule has 0 saturated heterocycles. The van der Waals surface area contributed by atoms with Crippen LogP contribution < -0.4 is 9.62 Å². The van der Waals surface area contributed by atoms with Gasteiger partial charge < -0.3 is 5.32 Å². The number of nitrogens with one attached hydrogen (secondary N) is 1. The summed E-state index contributed by atoms with van der Waals surface area (Å²) in [6.07, 6.45) is 0.718. The molecule has 0 fully saturated rings. The Morgan fingerprint density at radius 3 is 2.64 bits per heavy atom. The summed E-state index contributed by atoms with van der Waals surface area (Å²) in [7, 11) is -1.82. The van der Waals surface area contributed by atoms with E-state index in [1.165, 1.54) is 8.61 Å². The Bertz CT molecular complexity index is 891. The average Bonchev–Trinajstić information content (AvgIpc) is 2.62. The van der Waals surface area contributed by atoms with Gasteiger partial charge in [0.1, 0.15) is 0 Å². The highest BCUT2D eigenvalue weighted by Gasteiger charge is 2.37. The quantitative estimate of drug-likeness (QED) is 0.662. The third-order valence-corrected chi connectivity index (χ3v) is 5.97. The zero-order valence-electron chi connectivity index (χ0n) is 14.0. The third kappa shape index (κ3) is 3.37. The van der Waals surface area contributed by atoms with Crippen LogP contribution in [0.25, 0.3) is 4.85 Å². The SMILES string of the molecule is [C-]#[N+]c1ccc2c(c1)CN(CCCNC)S(=O)(=O)N2c1ccccc1. The van der Waals surface area contributed by atoms with Crippen molar-refractivity contribution in [1.82, 2.24) is 9.62 Å². The van der Waals surface area contributed by atoms with Crippen LogP contribution in [0.4, 0.5) is 17.1 Å². The molecule has 0 saturated carbocycles. The van der Waals surface area contributed by atoms with Gasteiger partial charge in [-0.1, -0.05) is 24.3 Å². The van der Waals surface area contributed by atoms with Crippen molar-refractivity contribution in [3.8, 4) is 0 Å². The van der Waals surface area contributed by atoms with Crippen LogP contribution in [-0.2, 0) is 16.8 Å². The summed E-state index contributed by atoms with van der Waals surface area (Å²) in [6.45, 7) is 8.66. The zero-order chi connectivity index (χ0) is 17.9. The second-order valence-electron chi connectivity index (χ2n) is 5.82. The molecule has 0 unspecified atom stereocenters. The molecule has 7 heteroatoms. The van der Waals surface area contributed by atoms with Crippen LogP contribution in [0.5, 0.6) is 0 Å². The summed E-state index contributed by atoms with van der Waals surface area (Å²) in [5.74, 6) is 0. The minimum Gasteiger partial charge on any atom is -0.320 e. The molecule has 6 nitrogen and oxygen atoms in total. The number of hydrogen-bond acceptors (Lipinski definition) is 3. The molecule has 1 heterocycles. The van der Waals surface area contributed by atoms with Crippen molar-refractivity contribution in [3.05, 3.63) is 65.5 Å². The first-order chi connectivity index (χ1) is 12.1. The third-order valence-electron chi connectivity index (χ3n) is 4.14. The standard InChI is InChI=1S/C18H20N4O2S/c1-19-11-6-12-21-14-15-13-16(20-2)9-10-18(15)22(25(21,23)24)17-7-4-3-5-8-17/h3-5,7-10,13,19H,6,11-12,14H2,1H3. The van der Waals surface area contributed by atoms with Crippen LogP contribution >= 0.6 is 0 Å². The molecule has 1 aliphatic rings. The van der Waals surface area contributed by atoms with Gasteiger partial charge in [-0.25, -0.2) is 9.15 Å². The minimum atomic E-state index is -3.67. The maximum atomic E-state index is 13.2. The van der Waals surface area contributed by atoms with Gasteiger partial charge in [0.05, 0.1) is 17.9 Å². The Morgan fingerprint density at radius 1 is 1.20 bits per heavy atom. The van der Waals surface area contributed by atoms with Crippen LogP contribution in [0, 0.1) is 6.57 Å². The van der Waals surface area contributed by atoms with E-state index in [9.17, 15) is 8.42 Å². The van der Waals surface area contributed by atoms with Crippen LogP contribution in [0.3, 0.4) is 0 Å². The fraction of sp³-hybridized carbons (Fsp3) is 0.278. The van der Waals surface area contributed by atoms with Gasteiger partial charge in [-0.2, -0.15) is 12.7 Å². The van der Waals surface area contributed by atoms with Crippen LogP contribution in [0.15, 0.2) is 48.5 Å². The summed E-state index contributed by atoms with van der Waals surface area (Å²) < 4.78 is 29.2. The summed E-state index contributed by atoms with van der Waals surface area (Å²) in [4.78, 5) is 3.47. The topological polar surface area (TPSA) is 57.0 Å². The van der Waals surface area contributed by atoms with E-state index in [1.807, 2.05) is 25.2 Å². The number of benzene rings is 2. The van der Waals surface area contributed by atoms with Crippen LogP contribution in [-0.4, -0.2) is 32.9 Å². The van der Waals surface area contributed by atoms with Gasteiger partial charge in [-0.3, -0.25) is 0 Å². The van der Waals surface area contributed by atoms with Gasteiger partial charge in [0.25, 0.3) is 0 Å². The average molecular weight is 356 g/mol. The highest BCUT2D eigenvalue weighted by Crippen LogP contribution is 2.39. The van der Waals surface area contributed by atoms with Gasteiger partial charge in [0, 0.05) is 13.1 Å². The Labute approximate surface area is 148 Å². The molecule has 0 aromatic heterocycles. The van der Waals surface area contributed by atoms with Crippen molar-refractivity contribution >= 4 is 27.3 Å². The Hall–Kier alpha value is -2.40. The molecule has 1 aliphatic heterocycles. The summed E-state index contributed by atoms with van der Waals surface area (Å²) in [6, 6.07) is 14.2. The normalized spacial score (nSPS) is 16.2. The maximum Gasteiger partial charge on any atom is 0.308 e. The smallest absolute Gasteiger partial charge is 0.308 e. The van der Waals surface area contributed by atoms with Gasteiger partial charge in [0.15, 0.2) is 5.69 Å². The van der Waals surface area contributed by atoms with Gasteiger partial charge in [-0.05, 0) is 49.8 Å². The van der Waals surface area contributed by atoms with Gasteiger partial charge in [-0.15, -0.1) is 0 Å². The largest absolute Gasteiger partial charge is 0.320 e. The molecular formula is C18H20N4O2S. The monoisotopic (exact) mass is 356 g/mol. The molecule has 2 aromatic carbocycles. The minimum absolute atomic E-state index is 0.286. The van der Waals surface area contributed by atoms with Crippen molar-refractivity contribution in [1.29, 1.82) is 0 Å². The molecule has 0 aliphatic carbocycles. The first-order valence-electron chi connectivity index (χ1n) is 8.08. The predicted octanol–water partition coefficient (Wildman–Crippen LogP) is 3.05. The van der Waals surface area contributed by atoms with E-state index in [0.717, 1.165) is 18.5 Å². The van der Waals surface area contributed by atoms with Crippen molar-refractivity contribution in [3.63, 3.8) is 0 Å². The van der Waals surface area contributed by atoms with Crippen molar-refractivity contribution < 1.29 is 8.42 Å². The zero-order valence-corrected chi connectivity index (χ0v) is 14.8. The predicted molar refractivity (Wildman–Crippen MR) is 99.2 cm³/mol. The molecule has 25 heavy (non-hydrogen) atoms. The van der Waals surface area contributed by atoms with Crippen LogP contribution in [0.2, 0.25) is 0 Å². The van der Waals surface area contributed by atoms with E-state index in [4.69, 9.17) is 6.57 Å². The van der Waals surface area contributed by atoms with Crippen molar-refractivity contribution in [2.75, 3.05) is 24.4 Å². The second kappa shape index (κ2) is 7.23. The first kappa shape index (κ1) is 17.4. The van der Waals surface area contributed by atoms with Gasteiger partial charge in [0.2, 0.25) is 0 Å². The molecule has 0 atom stereocenters. The number of para-hydroxylation sites is 1. The van der Waals surface area contributed by atoms with E-state index in [1.54, 1.807) is 30.3 Å². The lowest BCUT2D eigenvalue weighted by Gasteiger charge is -2.37. The van der Waals surface area contributed by atoms with Crippen molar-refractivity contribution in [2.24, 2.45) is 0 Å². The molecular weight excluding hydrogens is 336 g/mol. The number of fused-ring (bicyclic) bond motifs is 1. The van der Waals surface area contributed by atoms with E-state index in [0.29, 0.717) is 23.6 Å². The van der Waals surface area contributed by atoms with E-state index in [2.05, 4.69) is 10.2 Å². The second-order valence-corrected chi connectivity index (χ2v) is 7.60. The van der Waals surface area contributed by atoms with E-state index < -0.39 is 10.2 Å². The number of hydrogen-bond donors (Lipinski definition) is 1. The maximum absolute atomic E-state index is 13.2. The lowest BCUT2D eigenvalue weighted by Crippen LogP contribution is -2.46. The molecule has 130 valence electrons. The molecule has 0 radical (unpaired) electrons. The molecule has 2 aromatic rings. The molecule has 3 rings (SSSR count). The lowest BCUT2D eigenvalue weighted by atomic mass is 10.1. The van der Waals surface area contributed by atoms with Crippen molar-refractivity contribution in [2.45, 2.75) is 13.0 Å². The Balaban J connectivity index is 2.09. The molecule has 0 spiro atoms. The van der Waals surface area contributed by atoms with E-state index in [-0.39, 0.29) is 6.54 Å². The highest BCUT2D eigenvalue weighted by molar-refractivity contribution is 7.90. The Morgan fingerprint density at radius 2 is 1.96 bits per heavy atom. The molecule has 0 bridgehead atoms. The number of nitrogens with zero attached hydrogens (tertiary/aromatic N) is 3. The number of anilines is 2. The first-order valence-corrected chi connectivity index (χ1v) is 9.48.